The van der Waals surface area contributed by atoms with Crippen LogP contribution in [0.25, 0.3) is 0 Å². The fraction of sp³-hybridized carbons (Fsp3) is 0.312. The summed E-state index contributed by atoms with van der Waals surface area (Å²) >= 11 is 1.99. The first-order valence-electron chi connectivity index (χ1n) is 12.9. The molecule has 0 aliphatic carbocycles. The molecule has 0 spiro atoms. The molecule has 0 amide bonds. The van der Waals surface area contributed by atoms with E-state index in [0.717, 1.165) is 42.7 Å². The van der Waals surface area contributed by atoms with Gasteiger partial charge in [-0.3, -0.25) is 9.59 Å². The van der Waals surface area contributed by atoms with Gasteiger partial charge < -0.3 is 4.90 Å². The van der Waals surface area contributed by atoms with Gasteiger partial charge in [-0.05, 0) is 84.8 Å². The summed E-state index contributed by atoms with van der Waals surface area (Å²) < 4.78 is 0. The monoisotopic (exact) mass is 497 g/mol. The topological polar surface area (TPSA) is 37.4 Å². The summed E-state index contributed by atoms with van der Waals surface area (Å²) in [6.45, 7) is 5.48. The number of allylic oxidation sites excluding steroid dienone is 1. The molecule has 3 aromatic rings. The lowest BCUT2D eigenvalue weighted by Crippen LogP contribution is -2.10. The Kier molecular flexibility index (Phi) is 9.18. The van der Waals surface area contributed by atoms with Crippen LogP contribution >= 0.6 is 11.8 Å². The molecule has 1 aliphatic heterocycles. The highest BCUT2D eigenvalue weighted by Gasteiger charge is 2.24. The normalized spacial score (nSPS) is 14.3. The second-order valence-electron chi connectivity index (χ2n) is 9.35. The Morgan fingerprint density at radius 1 is 0.833 bits per heavy atom. The highest BCUT2D eigenvalue weighted by Crippen LogP contribution is 2.46. The summed E-state index contributed by atoms with van der Waals surface area (Å²) in [6.07, 6.45) is 6.76. The lowest BCUT2D eigenvalue weighted by Gasteiger charge is -2.26. The molecule has 3 aromatic carbocycles. The third-order valence-corrected chi connectivity index (χ3v) is 7.62. The van der Waals surface area contributed by atoms with E-state index in [1.54, 1.807) is 0 Å². The molecule has 1 atom stereocenters. The molecular weight excluding hydrogens is 462 g/mol. The smallest absolute Gasteiger partial charge is 0.155 e. The van der Waals surface area contributed by atoms with Crippen molar-refractivity contribution in [1.29, 1.82) is 0 Å². The minimum absolute atomic E-state index is 0.103. The Morgan fingerprint density at radius 2 is 1.31 bits per heavy atom. The number of nitrogens with zero attached hydrogens (tertiary/aromatic N) is 1. The number of aryl methyl sites for hydroxylation is 2. The first-order chi connectivity index (χ1) is 17.6. The Hall–Kier alpha value is -3.11. The van der Waals surface area contributed by atoms with Gasteiger partial charge in [0.1, 0.15) is 5.78 Å². The zero-order valence-electron chi connectivity index (χ0n) is 21.1. The van der Waals surface area contributed by atoms with Crippen molar-refractivity contribution in [1.82, 2.24) is 0 Å². The SMILES string of the molecule is C=CC(=O)CCCc1ccc(N(c2ccc(CCCC(=O)CC)cc2)c2ccc(C3CS3)cc2)cc1. The van der Waals surface area contributed by atoms with Crippen molar-refractivity contribution in [3.63, 3.8) is 0 Å². The maximum Gasteiger partial charge on any atom is 0.155 e. The van der Waals surface area contributed by atoms with Crippen LogP contribution in [0.4, 0.5) is 17.1 Å². The third kappa shape index (κ3) is 7.20. The van der Waals surface area contributed by atoms with Crippen LogP contribution in [0.1, 0.15) is 61.0 Å². The summed E-state index contributed by atoms with van der Waals surface area (Å²) in [5.41, 5.74) is 7.24. The first-order valence-corrected chi connectivity index (χ1v) is 14.0. The van der Waals surface area contributed by atoms with E-state index in [0.29, 0.717) is 30.3 Å². The number of hydrogen-bond acceptors (Lipinski definition) is 4. The quantitative estimate of drug-likeness (QED) is 0.166. The minimum Gasteiger partial charge on any atom is -0.311 e. The van der Waals surface area contributed by atoms with Crippen LogP contribution in [0.2, 0.25) is 0 Å². The van der Waals surface area contributed by atoms with Gasteiger partial charge in [0, 0.05) is 47.3 Å². The molecule has 1 heterocycles. The summed E-state index contributed by atoms with van der Waals surface area (Å²) in [5.74, 6) is 1.65. The Labute approximate surface area is 219 Å². The summed E-state index contributed by atoms with van der Waals surface area (Å²) in [4.78, 5) is 25.4. The summed E-state index contributed by atoms with van der Waals surface area (Å²) in [6, 6.07) is 26.3. The molecule has 1 aliphatic rings. The van der Waals surface area contributed by atoms with Gasteiger partial charge in [-0.2, -0.15) is 11.8 Å². The molecule has 0 saturated carbocycles. The maximum atomic E-state index is 11.6. The van der Waals surface area contributed by atoms with Crippen molar-refractivity contribution in [2.24, 2.45) is 0 Å². The number of carbonyl (C=O) groups is 2. The Balaban J connectivity index is 1.52. The van der Waals surface area contributed by atoms with Gasteiger partial charge in [0.25, 0.3) is 0 Å². The molecule has 1 fully saturated rings. The lowest BCUT2D eigenvalue weighted by atomic mass is 10.0. The number of hydrogen-bond donors (Lipinski definition) is 0. The first kappa shape index (κ1) is 26.0. The number of benzene rings is 3. The van der Waals surface area contributed by atoms with Crippen LogP contribution in [-0.2, 0) is 22.4 Å². The number of rotatable bonds is 14. The standard InChI is InChI=1S/C32H35NO2S/c1-3-30(34)9-5-7-24-11-17-27(18-12-24)33(29-21-15-26(16-22-29)32-23-36-32)28-19-13-25(14-20-28)8-6-10-31(35)4-2/h3,11-22,32H,1,4-10,23H2,2H3. The predicted molar refractivity (Wildman–Crippen MR) is 153 cm³/mol. The lowest BCUT2D eigenvalue weighted by molar-refractivity contribution is -0.119. The van der Waals surface area contributed by atoms with Crippen molar-refractivity contribution in [3.8, 4) is 0 Å². The van der Waals surface area contributed by atoms with Crippen molar-refractivity contribution < 1.29 is 9.59 Å². The largest absolute Gasteiger partial charge is 0.311 e. The second kappa shape index (κ2) is 12.7. The van der Waals surface area contributed by atoms with Crippen molar-refractivity contribution in [3.05, 3.63) is 102 Å². The number of anilines is 3. The zero-order chi connectivity index (χ0) is 25.3. The van der Waals surface area contributed by atoms with Crippen LogP contribution in [0, 0.1) is 0 Å². The van der Waals surface area contributed by atoms with Crippen LogP contribution in [0.15, 0.2) is 85.5 Å². The van der Waals surface area contributed by atoms with Crippen molar-refractivity contribution in [2.75, 3.05) is 10.7 Å². The van der Waals surface area contributed by atoms with Gasteiger partial charge >= 0.3 is 0 Å². The third-order valence-electron chi connectivity index (χ3n) is 6.68. The van der Waals surface area contributed by atoms with Gasteiger partial charge in [0.05, 0.1) is 0 Å². The van der Waals surface area contributed by atoms with Gasteiger partial charge in [-0.25, -0.2) is 0 Å². The number of Topliss-reactive ketones (excluding diaryl/α,β-unsaturated/α-hetero) is 1. The Morgan fingerprint density at radius 3 is 1.75 bits per heavy atom. The number of thioether (sulfide) groups is 1. The molecule has 4 heteroatoms. The fourth-order valence-corrected chi connectivity index (χ4v) is 5.02. The molecule has 0 bridgehead atoms. The van der Waals surface area contributed by atoms with E-state index in [-0.39, 0.29) is 5.78 Å². The zero-order valence-corrected chi connectivity index (χ0v) is 21.9. The highest BCUT2D eigenvalue weighted by atomic mass is 32.2. The van der Waals surface area contributed by atoms with Gasteiger partial charge in [-0.15, -0.1) is 0 Å². The van der Waals surface area contributed by atoms with Crippen LogP contribution in [0.5, 0.6) is 0 Å². The van der Waals surface area contributed by atoms with E-state index in [4.69, 9.17) is 0 Å². The van der Waals surface area contributed by atoms with Gasteiger partial charge in [0.2, 0.25) is 0 Å². The van der Waals surface area contributed by atoms with E-state index in [1.165, 1.54) is 28.5 Å². The number of carbonyl (C=O) groups excluding carboxylic acids is 2. The maximum absolute atomic E-state index is 11.6. The second-order valence-corrected chi connectivity index (χ2v) is 10.6. The van der Waals surface area contributed by atoms with Crippen LogP contribution in [-0.4, -0.2) is 17.3 Å². The number of ketones is 2. The van der Waals surface area contributed by atoms with Gasteiger partial charge in [0.15, 0.2) is 5.78 Å². The van der Waals surface area contributed by atoms with Crippen LogP contribution < -0.4 is 4.90 Å². The van der Waals surface area contributed by atoms with Crippen molar-refractivity contribution in [2.45, 2.75) is 57.1 Å². The molecule has 3 nitrogen and oxygen atoms in total. The fourth-order valence-electron chi connectivity index (χ4n) is 4.38. The van der Waals surface area contributed by atoms with E-state index in [2.05, 4.69) is 84.3 Å². The van der Waals surface area contributed by atoms with Gasteiger partial charge in [-0.1, -0.05) is 49.9 Å². The van der Waals surface area contributed by atoms with E-state index >= 15 is 0 Å². The molecule has 0 aromatic heterocycles. The van der Waals surface area contributed by atoms with Crippen LogP contribution in [0.3, 0.4) is 0 Å². The highest BCUT2D eigenvalue weighted by molar-refractivity contribution is 8.06. The summed E-state index contributed by atoms with van der Waals surface area (Å²) in [5, 5.41) is 0.652. The average Bonchev–Trinajstić information content (AvgIpc) is 3.76. The average molecular weight is 498 g/mol. The van der Waals surface area contributed by atoms with E-state index in [1.807, 2.05) is 18.7 Å². The molecule has 1 unspecified atom stereocenters. The summed E-state index contributed by atoms with van der Waals surface area (Å²) in [7, 11) is 0. The molecule has 0 N–H and O–H groups in total. The van der Waals surface area contributed by atoms with E-state index in [9.17, 15) is 9.59 Å². The van der Waals surface area contributed by atoms with E-state index < -0.39 is 0 Å². The molecule has 4 rings (SSSR count). The van der Waals surface area contributed by atoms with Crippen molar-refractivity contribution >= 4 is 40.4 Å². The molecule has 36 heavy (non-hydrogen) atoms. The molecule has 186 valence electrons. The molecular formula is C32H35NO2S. The predicted octanol–water partition coefficient (Wildman–Crippen LogP) is 8.32. The minimum atomic E-state index is 0.103. The molecule has 1 saturated heterocycles. The Bertz CT molecular complexity index is 1160. The molecule has 0 radical (unpaired) electrons.